The molecule has 0 spiro atoms. The zero-order chi connectivity index (χ0) is 13.9. The topological polar surface area (TPSA) is 9.23 Å². The second kappa shape index (κ2) is 10.2. The molecule has 0 unspecified atom stereocenters. The molecule has 0 bridgehead atoms. The summed E-state index contributed by atoms with van der Waals surface area (Å²) in [4.78, 5) is 0. The van der Waals surface area contributed by atoms with Gasteiger partial charge >= 0.3 is 0 Å². The average Bonchev–Trinajstić information content (AvgIpc) is 2.40. The minimum absolute atomic E-state index is 0.250. The highest BCUT2D eigenvalue weighted by molar-refractivity contribution is 9.09. The van der Waals surface area contributed by atoms with Gasteiger partial charge in [0.05, 0.1) is 6.61 Å². The van der Waals surface area contributed by atoms with Gasteiger partial charge in [0, 0.05) is 5.33 Å². The van der Waals surface area contributed by atoms with Gasteiger partial charge in [0.25, 0.3) is 0 Å². The number of benzene rings is 1. The molecule has 4 heteroatoms. The Balaban J connectivity index is 2.05. The van der Waals surface area contributed by atoms with E-state index in [1.165, 1.54) is 43.9 Å². The number of alkyl halides is 1. The quantitative estimate of drug-likeness (QED) is 0.407. The first-order valence-corrected chi connectivity index (χ1v) is 8.00. The smallest absolute Gasteiger partial charge is 0.190 e. The molecule has 1 aromatic carbocycles. The summed E-state index contributed by atoms with van der Waals surface area (Å²) in [6.45, 7) is 0.374. The second-order valence-corrected chi connectivity index (χ2v) is 5.36. The lowest BCUT2D eigenvalue weighted by Crippen LogP contribution is -2.01. The van der Waals surface area contributed by atoms with Crippen molar-refractivity contribution in [3.8, 4) is 5.75 Å². The molecule has 1 nitrogen and oxygen atoms in total. The summed E-state index contributed by atoms with van der Waals surface area (Å²) in [6.07, 6.45) is 8.02. The largest absolute Gasteiger partial charge is 0.488 e. The fraction of sp³-hybridized carbons (Fsp3) is 0.600. The molecule has 0 radical (unpaired) electrons. The van der Waals surface area contributed by atoms with E-state index in [4.69, 9.17) is 4.74 Å². The molecular formula is C15H21BrF2O. The molecule has 0 amide bonds. The molecule has 0 aromatic heterocycles. The van der Waals surface area contributed by atoms with E-state index in [0.29, 0.717) is 6.61 Å². The van der Waals surface area contributed by atoms with Gasteiger partial charge in [-0.1, -0.05) is 54.1 Å². The lowest BCUT2D eigenvalue weighted by Gasteiger charge is -2.07. The third-order valence-electron chi connectivity index (χ3n) is 2.94. The summed E-state index contributed by atoms with van der Waals surface area (Å²) in [5.41, 5.74) is 0. The highest BCUT2D eigenvalue weighted by Crippen LogP contribution is 2.21. The van der Waals surface area contributed by atoms with Crippen molar-refractivity contribution in [3.63, 3.8) is 0 Å². The van der Waals surface area contributed by atoms with Crippen LogP contribution in [-0.2, 0) is 0 Å². The molecule has 1 rings (SSSR count). The van der Waals surface area contributed by atoms with Gasteiger partial charge < -0.3 is 4.74 Å². The Kier molecular flexibility index (Phi) is 8.80. The molecule has 19 heavy (non-hydrogen) atoms. The molecule has 1 aromatic rings. The van der Waals surface area contributed by atoms with Crippen molar-refractivity contribution < 1.29 is 13.5 Å². The summed E-state index contributed by atoms with van der Waals surface area (Å²) in [7, 11) is 0. The van der Waals surface area contributed by atoms with Crippen LogP contribution in [0.3, 0.4) is 0 Å². The summed E-state index contributed by atoms with van der Waals surface area (Å²) in [6, 6.07) is 3.76. The van der Waals surface area contributed by atoms with Crippen LogP contribution < -0.4 is 4.74 Å². The van der Waals surface area contributed by atoms with Crippen LogP contribution in [0.25, 0.3) is 0 Å². The summed E-state index contributed by atoms with van der Waals surface area (Å²) < 4.78 is 31.6. The van der Waals surface area contributed by atoms with Crippen LogP contribution in [-0.4, -0.2) is 11.9 Å². The van der Waals surface area contributed by atoms with E-state index in [2.05, 4.69) is 15.9 Å². The van der Waals surface area contributed by atoms with Gasteiger partial charge in [-0.15, -0.1) is 0 Å². The van der Waals surface area contributed by atoms with Crippen LogP contribution >= 0.6 is 15.9 Å². The van der Waals surface area contributed by atoms with Crippen LogP contribution in [0.5, 0.6) is 5.75 Å². The van der Waals surface area contributed by atoms with Gasteiger partial charge in [-0.2, -0.15) is 0 Å². The normalized spacial score (nSPS) is 10.7. The van der Waals surface area contributed by atoms with Crippen molar-refractivity contribution in [3.05, 3.63) is 29.8 Å². The van der Waals surface area contributed by atoms with E-state index >= 15 is 0 Å². The predicted octanol–water partition coefficient (Wildman–Crippen LogP) is 5.47. The molecule has 0 aliphatic heterocycles. The van der Waals surface area contributed by atoms with Gasteiger partial charge in [-0.05, 0) is 25.0 Å². The number of para-hydroxylation sites is 1. The van der Waals surface area contributed by atoms with Crippen molar-refractivity contribution >= 4 is 15.9 Å². The number of rotatable bonds is 10. The van der Waals surface area contributed by atoms with Crippen molar-refractivity contribution in [2.75, 3.05) is 11.9 Å². The zero-order valence-corrected chi connectivity index (χ0v) is 12.7. The second-order valence-electron chi connectivity index (χ2n) is 4.56. The fourth-order valence-corrected chi connectivity index (χ4v) is 2.27. The Bertz CT molecular complexity index is 338. The average molecular weight is 335 g/mol. The minimum atomic E-state index is -0.630. The van der Waals surface area contributed by atoms with Gasteiger partial charge in [0.2, 0.25) is 0 Å². The van der Waals surface area contributed by atoms with E-state index < -0.39 is 11.6 Å². The van der Waals surface area contributed by atoms with Gasteiger partial charge in [-0.25, -0.2) is 8.78 Å². The molecular weight excluding hydrogens is 314 g/mol. The molecule has 0 atom stereocenters. The number of unbranched alkanes of at least 4 members (excludes halogenated alkanes) is 6. The van der Waals surface area contributed by atoms with Gasteiger partial charge in [0.15, 0.2) is 17.4 Å². The Morgan fingerprint density at radius 2 is 1.37 bits per heavy atom. The van der Waals surface area contributed by atoms with Crippen molar-refractivity contribution in [2.45, 2.75) is 44.9 Å². The Morgan fingerprint density at radius 3 is 1.95 bits per heavy atom. The maximum Gasteiger partial charge on any atom is 0.190 e. The first-order chi connectivity index (χ1) is 9.25. The summed E-state index contributed by atoms with van der Waals surface area (Å²) >= 11 is 3.41. The third-order valence-corrected chi connectivity index (χ3v) is 3.50. The first kappa shape index (κ1) is 16.4. The molecule has 108 valence electrons. The van der Waals surface area contributed by atoms with Crippen molar-refractivity contribution in [1.29, 1.82) is 0 Å². The fourth-order valence-electron chi connectivity index (χ4n) is 1.88. The van der Waals surface area contributed by atoms with Crippen LogP contribution in [0, 0.1) is 11.6 Å². The van der Waals surface area contributed by atoms with E-state index in [1.54, 1.807) is 0 Å². The lowest BCUT2D eigenvalue weighted by molar-refractivity contribution is 0.275. The van der Waals surface area contributed by atoms with Gasteiger partial charge in [-0.3, -0.25) is 0 Å². The number of hydrogen-bond acceptors (Lipinski definition) is 1. The summed E-state index contributed by atoms with van der Waals surface area (Å²) in [5.74, 6) is -1.51. The predicted molar refractivity (Wildman–Crippen MR) is 78.0 cm³/mol. The monoisotopic (exact) mass is 334 g/mol. The van der Waals surface area contributed by atoms with E-state index in [-0.39, 0.29) is 5.75 Å². The SMILES string of the molecule is Fc1cccc(F)c1OCCCCCCCCCBr. The number of halogens is 3. The summed E-state index contributed by atoms with van der Waals surface area (Å²) in [5, 5.41) is 1.08. The van der Waals surface area contributed by atoms with Gasteiger partial charge in [0.1, 0.15) is 0 Å². The Morgan fingerprint density at radius 1 is 0.842 bits per heavy atom. The van der Waals surface area contributed by atoms with Crippen molar-refractivity contribution in [1.82, 2.24) is 0 Å². The molecule has 0 saturated carbocycles. The molecule has 0 fully saturated rings. The molecule has 0 N–H and O–H groups in total. The highest BCUT2D eigenvalue weighted by Gasteiger charge is 2.08. The minimum Gasteiger partial charge on any atom is -0.488 e. The van der Waals surface area contributed by atoms with Crippen LogP contribution in [0.1, 0.15) is 44.9 Å². The molecule has 0 saturated heterocycles. The molecule has 0 aliphatic carbocycles. The first-order valence-electron chi connectivity index (χ1n) is 6.88. The highest BCUT2D eigenvalue weighted by atomic mass is 79.9. The maximum atomic E-state index is 13.2. The van der Waals surface area contributed by atoms with E-state index in [0.717, 1.165) is 24.6 Å². The standard InChI is InChI=1S/C15H21BrF2O/c16-11-6-4-2-1-3-5-7-12-19-15-13(17)9-8-10-14(15)18/h8-10H,1-7,11-12H2. The maximum absolute atomic E-state index is 13.2. The lowest BCUT2D eigenvalue weighted by atomic mass is 10.1. The zero-order valence-electron chi connectivity index (χ0n) is 11.1. The van der Waals surface area contributed by atoms with E-state index in [9.17, 15) is 8.78 Å². The van der Waals surface area contributed by atoms with Crippen molar-refractivity contribution in [2.24, 2.45) is 0 Å². The molecule has 0 heterocycles. The van der Waals surface area contributed by atoms with E-state index in [1.807, 2.05) is 0 Å². The van der Waals surface area contributed by atoms with Crippen LogP contribution in [0.2, 0.25) is 0 Å². The number of ether oxygens (including phenoxy) is 1. The number of hydrogen-bond donors (Lipinski definition) is 0. The molecule has 0 aliphatic rings. The van der Waals surface area contributed by atoms with Crippen LogP contribution in [0.4, 0.5) is 8.78 Å². The Hall–Kier alpha value is -0.640. The third kappa shape index (κ3) is 6.90. The van der Waals surface area contributed by atoms with Crippen LogP contribution in [0.15, 0.2) is 18.2 Å². The Labute approximate surface area is 122 Å².